The van der Waals surface area contributed by atoms with E-state index in [0.29, 0.717) is 16.8 Å². The number of hydrogen-bond donors (Lipinski definition) is 1. The van der Waals surface area contributed by atoms with Gasteiger partial charge in [0.15, 0.2) is 0 Å². The summed E-state index contributed by atoms with van der Waals surface area (Å²) in [5.41, 5.74) is 1.05. The average Bonchev–Trinajstić information content (AvgIpc) is 2.72. The van der Waals surface area contributed by atoms with Crippen molar-refractivity contribution >= 4 is 28.4 Å². The Morgan fingerprint density at radius 1 is 1.07 bits per heavy atom. The van der Waals surface area contributed by atoms with Gasteiger partial charge in [0.1, 0.15) is 34.3 Å². The number of aromatic nitrogens is 1. The van der Waals surface area contributed by atoms with Crippen LogP contribution in [0.4, 0.5) is 20.3 Å². The van der Waals surface area contributed by atoms with Gasteiger partial charge in [-0.2, -0.15) is 0 Å². The Bertz CT molecular complexity index is 1280. The number of anilines is 1. The fourth-order valence-corrected chi connectivity index (χ4v) is 2.72. The van der Waals surface area contributed by atoms with E-state index in [1.54, 1.807) is 48.7 Å². The van der Waals surface area contributed by atoms with Crippen LogP contribution in [0.25, 0.3) is 11.0 Å². The van der Waals surface area contributed by atoms with E-state index in [-0.39, 0.29) is 16.8 Å². The van der Waals surface area contributed by atoms with Crippen molar-refractivity contribution in [3.63, 3.8) is 0 Å². The minimum absolute atomic E-state index is 0.0646. The van der Waals surface area contributed by atoms with E-state index in [9.17, 15) is 13.6 Å². The summed E-state index contributed by atoms with van der Waals surface area (Å²) in [6, 6.07) is 15.0. The highest BCUT2D eigenvalue weighted by molar-refractivity contribution is 6.04. The van der Waals surface area contributed by atoms with Crippen LogP contribution in [-0.2, 0) is 0 Å². The Morgan fingerprint density at radius 3 is 2.69 bits per heavy atom. The minimum atomic E-state index is -0.735. The normalized spacial score (nSPS) is 11.6. The van der Waals surface area contributed by atoms with Crippen molar-refractivity contribution < 1.29 is 18.0 Å². The summed E-state index contributed by atoms with van der Waals surface area (Å²) in [7, 11) is 0. The molecule has 0 radical (unpaired) electrons. The van der Waals surface area contributed by atoms with Gasteiger partial charge >= 0.3 is 0 Å². The first-order valence-corrected chi connectivity index (χ1v) is 8.76. The fraction of sp³-hybridized carbons (Fsp3) is 0.0455. The van der Waals surface area contributed by atoms with Crippen molar-refractivity contribution in [3.05, 3.63) is 95.2 Å². The van der Waals surface area contributed by atoms with Crippen LogP contribution in [0.2, 0.25) is 0 Å². The maximum Gasteiger partial charge on any atom is 0.262 e. The van der Waals surface area contributed by atoms with Crippen LogP contribution >= 0.6 is 0 Å². The number of aryl methyl sites for hydroxylation is 1. The number of nitrogens with zero attached hydrogens (tertiary/aromatic N) is 2. The third-order valence-corrected chi connectivity index (χ3v) is 4.18. The second-order valence-electron chi connectivity index (χ2n) is 6.39. The first-order valence-electron chi connectivity index (χ1n) is 8.76. The fourth-order valence-electron chi connectivity index (χ4n) is 2.72. The van der Waals surface area contributed by atoms with E-state index in [0.717, 1.165) is 23.8 Å². The molecule has 0 bridgehead atoms. The van der Waals surface area contributed by atoms with Gasteiger partial charge in [-0.15, -0.1) is 0 Å². The van der Waals surface area contributed by atoms with Crippen molar-refractivity contribution in [1.82, 2.24) is 4.98 Å². The molecule has 1 N–H and O–H groups in total. The molecule has 2 aromatic carbocycles. The Kier molecular flexibility index (Phi) is 4.87. The second kappa shape index (κ2) is 7.63. The molecule has 0 aliphatic heterocycles. The molecule has 144 valence electrons. The Balaban J connectivity index is 1.86. The maximum absolute atomic E-state index is 14.1. The molecular formula is C22H15F2N3O2. The summed E-state index contributed by atoms with van der Waals surface area (Å²) in [6.07, 6.45) is 1.62. The first-order chi connectivity index (χ1) is 14.0. The molecule has 0 unspecified atom stereocenters. The van der Waals surface area contributed by atoms with Gasteiger partial charge in [0.25, 0.3) is 5.91 Å². The zero-order valence-corrected chi connectivity index (χ0v) is 15.3. The quantitative estimate of drug-likeness (QED) is 0.540. The molecular weight excluding hydrogens is 376 g/mol. The lowest BCUT2D eigenvalue weighted by molar-refractivity contribution is 0.102. The van der Waals surface area contributed by atoms with Crippen molar-refractivity contribution in [1.29, 1.82) is 0 Å². The summed E-state index contributed by atoms with van der Waals surface area (Å²) in [5, 5.41) is 3.32. The molecule has 7 heteroatoms. The number of amides is 1. The highest BCUT2D eigenvalue weighted by Crippen LogP contribution is 2.20. The van der Waals surface area contributed by atoms with Gasteiger partial charge in [-0.25, -0.2) is 18.8 Å². The lowest BCUT2D eigenvalue weighted by Crippen LogP contribution is -2.22. The third kappa shape index (κ3) is 4.03. The van der Waals surface area contributed by atoms with Crippen LogP contribution in [0.1, 0.15) is 15.9 Å². The van der Waals surface area contributed by atoms with Crippen LogP contribution in [0.3, 0.4) is 0 Å². The first kappa shape index (κ1) is 18.5. The topological polar surface area (TPSA) is 67.5 Å². The van der Waals surface area contributed by atoms with Gasteiger partial charge in [-0.05, 0) is 42.8 Å². The monoisotopic (exact) mass is 391 g/mol. The molecule has 29 heavy (non-hydrogen) atoms. The van der Waals surface area contributed by atoms with Gasteiger partial charge < -0.3 is 9.73 Å². The number of carbonyl (C=O) groups is 1. The lowest BCUT2D eigenvalue weighted by Gasteiger charge is -2.07. The van der Waals surface area contributed by atoms with E-state index < -0.39 is 17.5 Å². The van der Waals surface area contributed by atoms with Crippen molar-refractivity contribution in [2.75, 3.05) is 5.32 Å². The molecule has 4 aromatic rings. The predicted octanol–water partition coefficient (Wildman–Crippen LogP) is 4.90. The van der Waals surface area contributed by atoms with Crippen molar-refractivity contribution in [3.8, 4) is 0 Å². The molecule has 0 saturated heterocycles. The maximum atomic E-state index is 14.1. The molecule has 4 rings (SSSR count). The smallest absolute Gasteiger partial charge is 0.262 e. The molecule has 0 spiro atoms. The lowest BCUT2D eigenvalue weighted by atomic mass is 10.1. The van der Waals surface area contributed by atoms with E-state index in [2.05, 4.69) is 15.3 Å². The number of para-hydroxylation sites is 1. The molecule has 0 aliphatic carbocycles. The molecule has 0 fully saturated rings. The number of pyridine rings is 1. The van der Waals surface area contributed by atoms with Crippen molar-refractivity contribution in [2.45, 2.75) is 6.92 Å². The molecule has 0 atom stereocenters. The second-order valence-corrected chi connectivity index (χ2v) is 6.39. The van der Waals surface area contributed by atoms with Crippen LogP contribution in [-0.4, -0.2) is 10.9 Å². The summed E-state index contributed by atoms with van der Waals surface area (Å²) in [6.45, 7) is 1.88. The molecule has 0 aliphatic rings. The van der Waals surface area contributed by atoms with Crippen LogP contribution in [0.15, 0.2) is 76.3 Å². The van der Waals surface area contributed by atoms with E-state index in [1.165, 1.54) is 0 Å². The number of nitrogens with one attached hydrogen (secondary N) is 1. The largest absolute Gasteiger partial charge is 0.438 e. The minimum Gasteiger partial charge on any atom is -0.438 e. The molecule has 5 nitrogen and oxygen atoms in total. The van der Waals surface area contributed by atoms with Crippen molar-refractivity contribution in [2.24, 2.45) is 4.99 Å². The predicted molar refractivity (Wildman–Crippen MR) is 105 cm³/mol. The highest BCUT2D eigenvalue weighted by atomic mass is 19.1. The van der Waals surface area contributed by atoms with Gasteiger partial charge in [0.05, 0.1) is 0 Å². The van der Waals surface area contributed by atoms with Gasteiger partial charge in [0.2, 0.25) is 5.55 Å². The Hall–Kier alpha value is -3.87. The number of fused-ring (bicyclic) bond motifs is 1. The van der Waals surface area contributed by atoms with Gasteiger partial charge in [-0.3, -0.25) is 4.79 Å². The van der Waals surface area contributed by atoms with Crippen LogP contribution < -0.4 is 10.9 Å². The SMILES string of the molecule is Cc1ccc(NC(=O)c2cc3ccccc3oc2=Nc2cc(F)ccc2F)nc1. The number of rotatable bonds is 3. The zero-order chi connectivity index (χ0) is 20.4. The molecule has 1 amide bonds. The molecule has 2 heterocycles. The summed E-state index contributed by atoms with van der Waals surface area (Å²) < 4.78 is 33.3. The van der Waals surface area contributed by atoms with Crippen LogP contribution in [0.5, 0.6) is 0 Å². The number of halogens is 2. The summed E-state index contributed by atoms with van der Waals surface area (Å²) in [5.74, 6) is -1.58. The summed E-state index contributed by atoms with van der Waals surface area (Å²) >= 11 is 0. The Morgan fingerprint density at radius 2 is 1.90 bits per heavy atom. The standard InChI is InChI=1S/C22H15F2N3O2/c1-13-6-9-20(25-12-13)27-21(28)16-10-14-4-2-3-5-19(14)29-22(16)26-18-11-15(23)7-8-17(18)24/h2-12H,1H3,(H,25,27,28). The zero-order valence-electron chi connectivity index (χ0n) is 15.3. The van der Waals surface area contributed by atoms with E-state index in [4.69, 9.17) is 4.42 Å². The number of hydrogen-bond acceptors (Lipinski definition) is 4. The van der Waals surface area contributed by atoms with Gasteiger partial charge in [0, 0.05) is 17.6 Å². The number of carbonyl (C=O) groups excluding carboxylic acids is 1. The highest BCUT2D eigenvalue weighted by Gasteiger charge is 2.14. The Labute approximate surface area is 164 Å². The van der Waals surface area contributed by atoms with Gasteiger partial charge in [-0.1, -0.05) is 24.3 Å². The summed E-state index contributed by atoms with van der Waals surface area (Å²) in [4.78, 5) is 21.1. The van der Waals surface area contributed by atoms with Crippen LogP contribution in [0, 0.1) is 18.6 Å². The average molecular weight is 391 g/mol. The molecule has 0 saturated carbocycles. The number of benzene rings is 2. The third-order valence-electron chi connectivity index (χ3n) is 4.18. The van der Waals surface area contributed by atoms with E-state index in [1.807, 2.05) is 6.92 Å². The van der Waals surface area contributed by atoms with E-state index >= 15 is 0 Å². The molecule has 2 aromatic heterocycles.